The number of hydrogen-bond acceptors (Lipinski definition) is 3. The van der Waals surface area contributed by atoms with Gasteiger partial charge in [-0.3, -0.25) is 0 Å². The quantitative estimate of drug-likeness (QED) is 0.636. The molecule has 4 aliphatic carbocycles. The lowest BCUT2D eigenvalue weighted by Gasteiger charge is -2.63. The molecular weight excluding hydrogens is 310 g/mol. The van der Waals surface area contributed by atoms with Crippen molar-refractivity contribution in [3.8, 4) is 0 Å². The average molecular weight is 348 g/mol. The third-order valence-electron chi connectivity index (χ3n) is 9.36. The van der Waals surface area contributed by atoms with E-state index < -0.39 is 12.2 Å². The number of nitrogens with one attached hydrogen (secondary N) is 1. The number of fused-ring (bicyclic) bond motifs is 5. The first-order chi connectivity index (χ1) is 11.9. The Labute approximate surface area is 153 Å². The zero-order valence-electron chi connectivity index (χ0n) is 16.5. The number of hydrogen-bond donors (Lipinski definition) is 3. The molecule has 0 aromatic rings. The Bertz CT molecular complexity index is 560. The highest BCUT2D eigenvalue weighted by Crippen LogP contribution is 2.67. The minimum absolute atomic E-state index is 0.191. The highest BCUT2D eigenvalue weighted by atomic mass is 16.3. The minimum atomic E-state index is -0.556. The van der Waals surface area contributed by atoms with Crippen LogP contribution in [0.3, 0.4) is 0 Å². The summed E-state index contributed by atoms with van der Waals surface area (Å²) in [6, 6.07) is 0.492. The molecule has 0 aliphatic heterocycles. The molecule has 0 saturated heterocycles. The van der Waals surface area contributed by atoms with E-state index in [2.05, 4.69) is 32.2 Å². The van der Waals surface area contributed by atoms with Gasteiger partial charge in [-0.25, -0.2) is 0 Å². The second-order valence-corrected chi connectivity index (χ2v) is 9.95. The summed E-state index contributed by atoms with van der Waals surface area (Å²) in [5.74, 6) is 1.63. The van der Waals surface area contributed by atoms with E-state index in [1.807, 2.05) is 7.05 Å². The summed E-state index contributed by atoms with van der Waals surface area (Å²) in [6.07, 6.45) is 9.50. The van der Waals surface area contributed by atoms with Crippen molar-refractivity contribution in [1.82, 2.24) is 5.32 Å². The Kier molecular flexibility index (Phi) is 4.37. The molecule has 3 N–H and O–H groups in total. The van der Waals surface area contributed by atoms with Crippen LogP contribution < -0.4 is 5.32 Å². The zero-order chi connectivity index (χ0) is 18.0. The Morgan fingerprint density at radius 2 is 1.76 bits per heavy atom. The Morgan fingerprint density at radius 1 is 1.00 bits per heavy atom. The van der Waals surface area contributed by atoms with Crippen LogP contribution in [0.2, 0.25) is 0 Å². The number of rotatable bonds is 1. The molecule has 3 nitrogen and oxygen atoms in total. The van der Waals surface area contributed by atoms with Crippen molar-refractivity contribution in [2.45, 2.75) is 84.0 Å². The summed E-state index contributed by atoms with van der Waals surface area (Å²) < 4.78 is 0. The largest absolute Gasteiger partial charge is 0.390 e. The Hall–Kier alpha value is -0.380. The van der Waals surface area contributed by atoms with Gasteiger partial charge in [0.2, 0.25) is 0 Å². The fraction of sp³-hybridized carbons (Fsp3) is 0.909. The van der Waals surface area contributed by atoms with Gasteiger partial charge in [-0.15, -0.1) is 0 Å². The molecule has 0 bridgehead atoms. The van der Waals surface area contributed by atoms with Gasteiger partial charge in [0.25, 0.3) is 0 Å². The predicted molar refractivity (Wildman–Crippen MR) is 101 cm³/mol. The van der Waals surface area contributed by atoms with Crippen LogP contribution in [-0.4, -0.2) is 35.5 Å². The van der Waals surface area contributed by atoms with Crippen LogP contribution in [-0.2, 0) is 0 Å². The molecule has 0 aromatic heterocycles. The molecule has 0 radical (unpaired) electrons. The van der Waals surface area contributed by atoms with Gasteiger partial charge in [0.05, 0.1) is 12.2 Å². The summed E-state index contributed by atoms with van der Waals surface area (Å²) in [4.78, 5) is 0. The molecule has 4 rings (SSSR count). The van der Waals surface area contributed by atoms with Gasteiger partial charge in [0, 0.05) is 6.04 Å². The van der Waals surface area contributed by atoms with E-state index in [-0.39, 0.29) is 22.7 Å². The number of aliphatic hydroxyl groups is 2. The third kappa shape index (κ3) is 2.34. The van der Waals surface area contributed by atoms with Gasteiger partial charge < -0.3 is 15.5 Å². The van der Waals surface area contributed by atoms with Gasteiger partial charge in [-0.2, -0.15) is 0 Å². The van der Waals surface area contributed by atoms with Crippen LogP contribution in [0.1, 0.15) is 65.7 Å². The predicted octanol–water partition coefficient (Wildman–Crippen LogP) is 3.51. The standard InChI is InChI=1S/C22H37NO2/c1-5-13-6-7-15-18-16(9-11-21(13,15)2)22(3)10-8-14(23-4)12-17(22)19(24)20(18)25/h5,14-20,23-25H,6-12H2,1-4H3/b13-5-/t14?,15?,16?,17?,18?,19-,20-,21-,22-/m1/s1. The number of aliphatic hydroxyl groups excluding tert-OH is 2. The van der Waals surface area contributed by atoms with E-state index >= 15 is 0 Å². The average Bonchev–Trinajstić information content (AvgIpc) is 2.95. The van der Waals surface area contributed by atoms with Crippen molar-refractivity contribution >= 4 is 0 Å². The van der Waals surface area contributed by atoms with Gasteiger partial charge >= 0.3 is 0 Å². The summed E-state index contributed by atoms with van der Waals surface area (Å²) in [5, 5.41) is 25.8. The van der Waals surface area contributed by atoms with Crippen LogP contribution in [0, 0.1) is 34.5 Å². The van der Waals surface area contributed by atoms with E-state index in [1.165, 1.54) is 38.5 Å². The molecule has 0 amide bonds. The van der Waals surface area contributed by atoms with Gasteiger partial charge in [0.1, 0.15) is 0 Å². The van der Waals surface area contributed by atoms with Crippen molar-refractivity contribution in [2.24, 2.45) is 34.5 Å². The lowest BCUT2D eigenvalue weighted by Crippen LogP contribution is -2.64. The summed E-state index contributed by atoms with van der Waals surface area (Å²) in [5.41, 5.74) is 2.04. The van der Waals surface area contributed by atoms with Crippen molar-refractivity contribution in [1.29, 1.82) is 0 Å². The second-order valence-electron chi connectivity index (χ2n) is 9.95. The first-order valence-electron chi connectivity index (χ1n) is 10.6. The monoisotopic (exact) mass is 347 g/mol. The molecule has 142 valence electrons. The van der Waals surface area contributed by atoms with Gasteiger partial charge in [-0.1, -0.05) is 25.5 Å². The molecule has 25 heavy (non-hydrogen) atoms. The molecule has 0 heterocycles. The molecule has 0 spiro atoms. The number of allylic oxidation sites excluding steroid dienone is 2. The topological polar surface area (TPSA) is 52.5 Å². The molecular formula is C22H37NO2. The molecule has 4 fully saturated rings. The molecule has 5 unspecified atom stereocenters. The van der Waals surface area contributed by atoms with E-state index in [1.54, 1.807) is 5.57 Å². The fourth-order valence-electron chi connectivity index (χ4n) is 7.85. The fourth-order valence-corrected chi connectivity index (χ4v) is 7.85. The maximum absolute atomic E-state index is 11.2. The van der Waals surface area contributed by atoms with E-state index in [0.29, 0.717) is 17.9 Å². The van der Waals surface area contributed by atoms with Crippen LogP contribution in [0.15, 0.2) is 11.6 Å². The van der Waals surface area contributed by atoms with Crippen LogP contribution in [0.5, 0.6) is 0 Å². The van der Waals surface area contributed by atoms with E-state index in [4.69, 9.17) is 0 Å². The lowest BCUT2D eigenvalue weighted by atomic mass is 9.43. The maximum Gasteiger partial charge on any atom is 0.0836 e. The summed E-state index contributed by atoms with van der Waals surface area (Å²) in [6.45, 7) is 7.05. The van der Waals surface area contributed by atoms with E-state index in [9.17, 15) is 10.2 Å². The smallest absolute Gasteiger partial charge is 0.0836 e. The van der Waals surface area contributed by atoms with Gasteiger partial charge in [-0.05, 0) is 93.4 Å². The third-order valence-corrected chi connectivity index (χ3v) is 9.36. The lowest BCUT2D eigenvalue weighted by molar-refractivity contribution is -0.211. The first kappa shape index (κ1) is 18.0. The maximum atomic E-state index is 11.2. The Morgan fingerprint density at radius 3 is 2.44 bits per heavy atom. The molecule has 0 aromatic carbocycles. The molecule has 4 aliphatic rings. The van der Waals surface area contributed by atoms with Gasteiger partial charge in [0.15, 0.2) is 0 Å². The highest BCUT2D eigenvalue weighted by Gasteiger charge is 2.63. The minimum Gasteiger partial charge on any atom is -0.390 e. The zero-order valence-corrected chi connectivity index (χ0v) is 16.5. The van der Waals surface area contributed by atoms with Crippen molar-refractivity contribution in [2.75, 3.05) is 7.05 Å². The van der Waals surface area contributed by atoms with Crippen molar-refractivity contribution in [3.63, 3.8) is 0 Å². The summed E-state index contributed by atoms with van der Waals surface area (Å²) in [7, 11) is 2.03. The van der Waals surface area contributed by atoms with Crippen LogP contribution in [0.25, 0.3) is 0 Å². The second kappa shape index (κ2) is 6.07. The highest BCUT2D eigenvalue weighted by molar-refractivity contribution is 5.25. The Balaban J connectivity index is 1.70. The first-order valence-corrected chi connectivity index (χ1v) is 10.6. The van der Waals surface area contributed by atoms with Crippen LogP contribution >= 0.6 is 0 Å². The molecule has 4 saturated carbocycles. The molecule has 9 atom stereocenters. The molecule has 3 heteroatoms. The van der Waals surface area contributed by atoms with Crippen molar-refractivity contribution < 1.29 is 10.2 Å². The normalized spacial score (nSPS) is 57.0. The van der Waals surface area contributed by atoms with E-state index in [0.717, 1.165) is 6.42 Å². The van der Waals surface area contributed by atoms with Crippen molar-refractivity contribution in [3.05, 3.63) is 11.6 Å². The summed E-state index contributed by atoms with van der Waals surface area (Å²) >= 11 is 0. The van der Waals surface area contributed by atoms with Crippen LogP contribution in [0.4, 0.5) is 0 Å². The SMILES string of the molecule is C/C=C1/CCC2C3C(CC[C@]12C)[C@@]1(C)CCC(NC)CC1[C@@H](O)[C@@H]3O.